The summed E-state index contributed by atoms with van der Waals surface area (Å²) < 4.78 is 37.0. The number of nitrogens with one attached hydrogen (secondary N) is 1. The molecular formula is C9H13BrN2O11P2. The van der Waals surface area contributed by atoms with Crippen LogP contribution in [0.15, 0.2) is 20.3 Å². The Hall–Kier alpha value is -0.660. The van der Waals surface area contributed by atoms with Gasteiger partial charge < -0.3 is 24.3 Å². The van der Waals surface area contributed by atoms with Crippen LogP contribution in [0.3, 0.4) is 0 Å². The molecule has 0 saturated carbocycles. The summed E-state index contributed by atoms with van der Waals surface area (Å²) in [5.41, 5.74) is -1.55. The summed E-state index contributed by atoms with van der Waals surface area (Å²) in [4.78, 5) is 60.5. The minimum absolute atomic E-state index is 0.0257. The van der Waals surface area contributed by atoms with Crippen molar-refractivity contribution in [2.75, 3.05) is 6.61 Å². The van der Waals surface area contributed by atoms with Gasteiger partial charge in [0.05, 0.1) is 11.2 Å². The summed E-state index contributed by atoms with van der Waals surface area (Å²) >= 11 is 2.99. The molecule has 3 atom stereocenters. The van der Waals surface area contributed by atoms with E-state index in [1.807, 2.05) is 4.98 Å². The molecule has 0 amide bonds. The van der Waals surface area contributed by atoms with E-state index in [0.717, 1.165) is 10.6 Å². The molecule has 2 rings (SSSR count). The molecule has 5 N–H and O–H groups in total. The van der Waals surface area contributed by atoms with Crippen molar-refractivity contribution in [2.24, 2.45) is 0 Å². The van der Waals surface area contributed by atoms with Crippen LogP contribution in [0.25, 0.3) is 0 Å². The van der Waals surface area contributed by atoms with Crippen LogP contribution in [0.5, 0.6) is 0 Å². The van der Waals surface area contributed by atoms with Crippen LogP contribution in [0.2, 0.25) is 0 Å². The number of aromatic amines is 1. The van der Waals surface area contributed by atoms with Gasteiger partial charge in [-0.3, -0.25) is 23.4 Å². The summed E-state index contributed by atoms with van der Waals surface area (Å²) in [6.07, 6.45) is -4.02. The molecule has 1 aromatic rings. The van der Waals surface area contributed by atoms with Crippen molar-refractivity contribution in [3.8, 4) is 0 Å². The molecule has 0 unspecified atom stereocenters. The van der Waals surface area contributed by atoms with Gasteiger partial charge in [0.25, 0.3) is 5.56 Å². The number of nitrogens with zero attached hydrogens (tertiary/aromatic N) is 1. The second-order valence-electron chi connectivity index (χ2n) is 4.92. The molecule has 0 bridgehead atoms. The van der Waals surface area contributed by atoms with E-state index < -0.39 is 51.9 Å². The molecule has 13 nitrogen and oxygen atoms in total. The van der Waals surface area contributed by atoms with Crippen LogP contribution < -0.4 is 11.2 Å². The van der Waals surface area contributed by atoms with E-state index in [4.69, 9.17) is 24.3 Å². The molecule has 1 saturated heterocycles. The number of hydrogen-bond acceptors (Lipinski definition) is 7. The third-order valence-corrected chi connectivity index (χ3v) is 4.72. The van der Waals surface area contributed by atoms with Crippen molar-refractivity contribution >= 4 is 31.6 Å². The first-order valence-corrected chi connectivity index (χ1v) is 10.3. The highest BCUT2D eigenvalue weighted by molar-refractivity contribution is 9.10. The van der Waals surface area contributed by atoms with Crippen molar-refractivity contribution in [3.63, 3.8) is 0 Å². The highest BCUT2D eigenvalue weighted by Gasteiger charge is 2.42. The zero-order valence-electron chi connectivity index (χ0n) is 12.1. The fraction of sp³-hybridized carbons (Fsp3) is 0.556. The molecule has 0 aliphatic carbocycles. The van der Waals surface area contributed by atoms with E-state index in [1.54, 1.807) is 0 Å². The number of H-pyrrole nitrogens is 1. The monoisotopic (exact) mass is 466 g/mol. The Labute approximate surface area is 147 Å². The van der Waals surface area contributed by atoms with E-state index in [2.05, 4.69) is 25.0 Å². The summed E-state index contributed by atoms with van der Waals surface area (Å²) in [6, 6.07) is 1.03. The molecule has 16 heteroatoms. The van der Waals surface area contributed by atoms with E-state index in [-0.39, 0.29) is 11.0 Å². The molecule has 0 radical (unpaired) electrons. The van der Waals surface area contributed by atoms with Gasteiger partial charge >= 0.3 is 21.3 Å². The SMILES string of the molecule is O=c1cc(Br)n([C@H]2C[C@H](OP(=O)(O)O)[C@@H](COP(=O)(O)O)O2)c(=O)[nH]1. The highest BCUT2D eigenvalue weighted by atomic mass is 79.9. The van der Waals surface area contributed by atoms with Gasteiger partial charge in [0.15, 0.2) is 0 Å². The average Bonchev–Trinajstić information content (AvgIpc) is 2.74. The van der Waals surface area contributed by atoms with Crippen LogP contribution in [0.4, 0.5) is 0 Å². The maximum Gasteiger partial charge on any atom is 0.469 e. The van der Waals surface area contributed by atoms with Crippen LogP contribution in [-0.2, 0) is 22.9 Å². The van der Waals surface area contributed by atoms with Crippen LogP contribution in [0.1, 0.15) is 12.6 Å². The van der Waals surface area contributed by atoms with Gasteiger partial charge in [0.1, 0.15) is 18.4 Å². The normalized spacial score (nSPS) is 24.6. The van der Waals surface area contributed by atoms with Gasteiger partial charge in [-0.2, -0.15) is 0 Å². The van der Waals surface area contributed by atoms with Gasteiger partial charge in [-0.05, 0) is 15.9 Å². The number of phosphoric ester groups is 2. The van der Waals surface area contributed by atoms with Crippen molar-refractivity contribution in [2.45, 2.75) is 24.9 Å². The lowest BCUT2D eigenvalue weighted by Gasteiger charge is -2.19. The second kappa shape index (κ2) is 7.53. The topological polar surface area (TPSA) is 198 Å². The summed E-state index contributed by atoms with van der Waals surface area (Å²) in [5.74, 6) is 0. The molecule has 0 aromatic carbocycles. The number of halogens is 1. The molecule has 1 aromatic heterocycles. The Bertz CT molecular complexity index is 841. The minimum atomic E-state index is -4.95. The molecule has 1 fully saturated rings. The molecule has 2 heterocycles. The number of aromatic nitrogens is 2. The largest absolute Gasteiger partial charge is 0.469 e. The standard InChI is InChI=1S/C9H13BrN2O11P2/c10-6-2-7(13)11-9(14)12(6)8-1-4(23-25(18,19)20)5(22-8)3-21-24(15,16)17/h2,4-5,8H,1,3H2,(H,11,13,14)(H2,15,16,17)(H2,18,19,20)/t4-,5+,8+/m0/s1. The third-order valence-electron chi connectivity index (χ3n) is 3.08. The number of rotatable bonds is 6. The third kappa shape index (κ3) is 5.93. The van der Waals surface area contributed by atoms with Crippen LogP contribution >= 0.6 is 31.6 Å². The van der Waals surface area contributed by atoms with Gasteiger partial charge in [-0.1, -0.05) is 0 Å². The first kappa shape index (κ1) is 20.6. The summed E-state index contributed by atoms with van der Waals surface area (Å²) in [6.45, 7) is -0.749. The Morgan fingerprint density at radius 3 is 2.44 bits per heavy atom. The minimum Gasteiger partial charge on any atom is -0.349 e. The quantitative estimate of drug-likeness (QED) is 0.259. The zero-order valence-corrected chi connectivity index (χ0v) is 15.5. The van der Waals surface area contributed by atoms with E-state index in [1.165, 1.54) is 0 Å². The number of hydrogen-bond donors (Lipinski definition) is 5. The van der Waals surface area contributed by atoms with Gasteiger partial charge in [-0.15, -0.1) is 0 Å². The molecule has 142 valence electrons. The predicted molar refractivity (Wildman–Crippen MR) is 82.5 cm³/mol. The first-order chi connectivity index (χ1) is 11.4. The first-order valence-electron chi connectivity index (χ1n) is 6.46. The maximum absolute atomic E-state index is 11.9. The Kier molecular flexibility index (Phi) is 6.22. The van der Waals surface area contributed by atoms with Crippen molar-refractivity contribution in [3.05, 3.63) is 31.5 Å². The van der Waals surface area contributed by atoms with Crippen molar-refractivity contribution in [1.29, 1.82) is 0 Å². The molecular weight excluding hydrogens is 454 g/mol. The summed E-state index contributed by atoms with van der Waals surface area (Å²) in [5, 5.41) is 0. The number of phosphoric acid groups is 2. The zero-order chi connectivity index (χ0) is 19.0. The molecule has 1 aliphatic rings. The lowest BCUT2D eigenvalue weighted by atomic mass is 10.2. The molecule has 1 aliphatic heterocycles. The van der Waals surface area contributed by atoms with Crippen LogP contribution in [0, 0.1) is 0 Å². The fourth-order valence-corrected chi connectivity index (χ4v) is 3.72. The van der Waals surface area contributed by atoms with Crippen molar-refractivity contribution < 1.29 is 42.5 Å². The summed E-state index contributed by atoms with van der Waals surface area (Å²) in [7, 11) is -9.82. The van der Waals surface area contributed by atoms with Crippen LogP contribution in [-0.4, -0.2) is 47.9 Å². The van der Waals surface area contributed by atoms with Gasteiger partial charge in [0.2, 0.25) is 0 Å². The average molecular weight is 467 g/mol. The van der Waals surface area contributed by atoms with E-state index >= 15 is 0 Å². The fourth-order valence-electron chi connectivity index (χ4n) is 2.21. The van der Waals surface area contributed by atoms with E-state index in [0.29, 0.717) is 0 Å². The Morgan fingerprint density at radius 1 is 1.28 bits per heavy atom. The second-order valence-corrected chi connectivity index (χ2v) is 8.16. The van der Waals surface area contributed by atoms with E-state index in [9.17, 15) is 18.7 Å². The molecule has 25 heavy (non-hydrogen) atoms. The maximum atomic E-state index is 11.9. The predicted octanol–water partition coefficient (Wildman–Crippen LogP) is -0.826. The van der Waals surface area contributed by atoms with Crippen molar-refractivity contribution in [1.82, 2.24) is 9.55 Å². The lowest BCUT2D eigenvalue weighted by Crippen LogP contribution is -2.33. The Morgan fingerprint density at radius 2 is 1.92 bits per heavy atom. The smallest absolute Gasteiger partial charge is 0.349 e. The van der Waals surface area contributed by atoms with Gasteiger partial charge in [0, 0.05) is 12.5 Å². The van der Waals surface area contributed by atoms with Gasteiger partial charge in [-0.25, -0.2) is 13.9 Å². The molecule has 0 spiro atoms. The Balaban J connectivity index is 2.28. The highest BCUT2D eigenvalue weighted by Crippen LogP contribution is 2.45. The lowest BCUT2D eigenvalue weighted by molar-refractivity contribution is -0.0451. The number of ether oxygens (including phenoxy) is 1.